The summed E-state index contributed by atoms with van der Waals surface area (Å²) in [7, 11) is -8.84. The van der Waals surface area contributed by atoms with Gasteiger partial charge >= 0.3 is 19.5 Å². The highest BCUT2D eigenvalue weighted by Crippen LogP contribution is 2.56. The van der Waals surface area contributed by atoms with Crippen molar-refractivity contribution in [3.8, 4) is 0 Å². The van der Waals surface area contributed by atoms with Crippen LogP contribution in [0.1, 0.15) is 30.5 Å². The topological polar surface area (TPSA) is 154 Å². The zero-order chi connectivity index (χ0) is 30.3. The van der Waals surface area contributed by atoms with Crippen LogP contribution in [-0.2, 0) is 50.7 Å². The summed E-state index contributed by atoms with van der Waals surface area (Å²) < 4.78 is 56.5. The van der Waals surface area contributed by atoms with Gasteiger partial charge in [0.15, 0.2) is 6.10 Å². The van der Waals surface area contributed by atoms with E-state index in [1.165, 1.54) is 38.1 Å². The van der Waals surface area contributed by atoms with Gasteiger partial charge in [-0.1, -0.05) is 85.3 Å². The number of carbonyl (C=O) groups is 2. The van der Waals surface area contributed by atoms with Gasteiger partial charge in [0.1, 0.15) is 0 Å². The van der Waals surface area contributed by atoms with Crippen LogP contribution in [0.15, 0.2) is 89.8 Å². The number of aryl methyl sites for hydroxylation is 1. The maximum atomic E-state index is 14.1. The van der Waals surface area contributed by atoms with Gasteiger partial charge in [-0.25, -0.2) is 4.79 Å². The zero-order valence-electron chi connectivity index (χ0n) is 22.9. The third kappa shape index (κ3) is 8.58. The van der Waals surface area contributed by atoms with Gasteiger partial charge < -0.3 is 19.3 Å². The molecule has 3 rings (SSSR count). The molecule has 0 radical (unpaired) electrons. The van der Waals surface area contributed by atoms with E-state index in [0.29, 0.717) is 11.1 Å². The highest BCUT2D eigenvalue weighted by molar-refractivity contribution is 7.86. The summed E-state index contributed by atoms with van der Waals surface area (Å²) in [6, 6.07) is 23.0. The van der Waals surface area contributed by atoms with Crippen molar-refractivity contribution in [1.29, 1.82) is 0 Å². The maximum Gasteiger partial charge on any atom is 0.334 e. The number of carboxylic acid groups (broad SMARTS) is 2. The van der Waals surface area contributed by atoms with E-state index in [1.54, 1.807) is 67.6 Å². The first-order valence-electron chi connectivity index (χ1n) is 12.7. The lowest BCUT2D eigenvalue weighted by Crippen LogP contribution is -2.47. The SMILES string of the molecule is Cc1ccc(S(=O)(=O)O[C@H](C(=O)O)C(C)C(C)(CP(=O)(OCc2ccccc2)OCc2ccccc2)C(=O)O)cc1. The minimum Gasteiger partial charge on any atom is -0.481 e. The van der Waals surface area contributed by atoms with E-state index < -0.39 is 53.3 Å². The second kappa shape index (κ2) is 13.5. The Morgan fingerprint density at radius 2 is 1.32 bits per heavy atom. The molecule has 41 heavy (non-hydrogen) atoms. The van der Waals surface area contributed by atoms with E-state index in [1.807, 2.05) is 0 Å². The predicted molar refractivity (Wildman–Crippen MR) is 151 cm³/mol. The van der Waals surface area contributed by atoms with E-state index in [0.717, 1.165) is 5.56 Å². The van der Waals surface area contributed by atoms with Crippen LogP contribution in [0.2, 0.25) is 0 Å². The van der Waals surface area contributed by atoms with Crippen LogP contribution in [0.5, 0.6) is 0 Å². The molecule has 2 unspecified atom stereocenters. The Morgan fingerprint density at radius 1 is 0.854 bits per heavy atom. The molecule has 0 aliphatic carbocycles. The van der Waals surface area contributed by atoms with E-state index in [-0.39, 0.29) is 18.1 Å². The van der Waals surface area contributed by atoms with Crippen LogP contribution >= 0.6 is 7.60 Å². The fourth-order valence-electron chi connectivity index (χ4n) is 4.00. The molecule has 0 saturated carbocycles. The molecule has 3 aromatic rings. The van der Waals surface area contributed by atoms with Crippen molar-refractivity contribution in [3.05, 3.63) is 102 Å². The molecule has 0 aliphatic heterocycles. The summed E-state index contributed by atoms with van der Waals surface area (Å²) >= 11 is 0. The summed E-state index contributed by atoms with van der Waals surface area (Å²) in [5.41, 5.74) is -0.0456. The van der Waals surface area contributed by atoms with Crippen molar-refractivity contribution in [2.75, 3.05) is 6.16 Å². The minimum atomic E-state index is -4.59. The van der Waals surface area contributed by atoms with Crippen molar-refractivity contribution in [2.24, 2.45) is 11.3 Å². The first kappa shape index (κ1) is 32.2. The third-order valence-corrected chi connectivity index (χ3v) is 10.2. The molecule has 2 N–H and O–H groups in total. The standard InChI is InChI=1S/C29H33O10PS/c1-21-14-16-25(17-15-21)41(35,36)39-26(27(30)31)22(2)29(3,28(32)33)20-40(34,37-18-23-10-6-4-7-11-23)38-19-24-12-8-5-9-13-24/h4-17,22,26H,18-20H2,1-3H3,(H,30,31)(H,32,33)/t22?,26-,29?/m0/s1. The molecule has 0 bridgehead atoms. The van der Waals surface area contributed by atoms with Crippen LogP contribution in [0.3, 0.4) is 0 Å². The first-order valence-corrected chi connectivity index (χ1v) is 15.8. The largest absolute Gasteiger partial charge is 0.481 e. The average molecular weight is 605 g/mol. The summed E-state index contributed by atoms with van der Waals surface area (Å²) in [6.07, 6.45) is -2.88. The van der Waals surface area contributed by atoms with E-state index >= 15 is 0 Å². The summed E-state index contributed by atoms with van der Waals surface area (Å²) in [6.45, 7) is 3.80. The van der Waals surface area contributed by atoms with Crippen LogP contribution in [0, 0.1) is 18.3 Å². The quantitative estimate of drug-likeness (QED) is 0.168. The van der Waals surface area contributed by atoms with E-state index in [9.17, 15) is 32.8 Å². The molecular formula is C29H33O10PS. The zero-order valence-corrected chi connectivity index (χ0v) is 24.6. The summed E-state index contributed by atoms with van der Waals surface area (Å²) in [5.74, 6) is -4.74. The lowest BCUT2D eigenvalue weighted by molar-refractivity contribution is -0.158. The van der Waals surface area contributed by atoms with Crippen LogP contribution < -0.4 is 0 Å². The van der Waals surface area contributed by atoms with Crippen molar-refractivity contribution in [2.45, 2.75) is 45.0 Å². The maximum absolute atomic E-state index is 14.1. The molecule has 0 fully saturated rings. The molecule has 0 aromatic heterocycles. The number of carboxylic acids is 2. The molecule has 0 heterocycles. The Kier molecular flexibility index (Phi) is 10.6. The number of rotatable bonds is 15. The summed E-state index contributed by atoms with van der Waals surface area (Å²) in [5, 5.41) is 20.2. The Morgan fingerprint density at radius 3 is 1.73 bits per heavy atom. The minimum absolute atomic E-state index is 0.169. The predicted octanol–water partition coefficient (Wildman–Crippen LogP) is 5.51. The molecule has 0 amide bonds. The second-order valence-corrected chi connectivity index (χ2v) is 13.5. The molecule has 0 saturated heterocycles. The number of aliphatic carboxylic acids is 2. The Labute approximate surface area is 239 Å². The molecule has 12 heteroatoms. The Hall–Kier alpha value is -3.34. The van der Waals surface area contributed by atoms with Gasteiger partial charge in [-0.05, 0) is 37.1 Å². The molecule has 0 aliphatic rings. The molecule has 3 aromatic carbocycles. The van der Waals surface area contributed by atoms with Gasteiger partial charge in [0.05, 0.1) is 29.7 Å². The van der Waals surface area contributed by atoms with Crippen molar-refractivity contribution < 1.29 is 46.0 Å². The molecular weight excluding hydrogens is 571 g/mol. The average Bonchev–Trinajstić information content (AvgIpc) is 2.94. The fourth-order valence-corrected chi connectivity index (χ4v) is 7.28. The van der Waals surface area contributed by atoms with Gasteiger partial charge in [0.2, 0.25) is 0 Å². The lowest BCUT2D eigenvalue weighted by atomic mass is 9.76. The van der Waals surface area contributed by atoms with Crippen LogP contribution in [0.4, 0.5) is 0 Å². The highest BCUT2D eigenvalue weighted by Gasteiger charge is 2.52. The molecule has 220 valence electrons. The number of benzene rings is 3. The summed E-state index contributed by atoms with van der Waals surface area (Å²) in [4.78, 5) is 24.6. The molecule has 10 nitrogen and oxygen atoms in total. The van der Waals surface area contributed by atoms with Crippen molar-refractivity contribution in [1.82, 2.24) is 0 Å². The highest BCUT2D eigenvalue weighted by atomic mass is 32.2. The van der Waals surface area contributed by atoms with Gasteiger partial charge in [-0.3, -0.25) is 13.5 Å². The molecule has 0 spiro atoms. The normalized spacial score (nSPS) is 15.0. The van der Waals surface area contributed by atoms with Crippen LogP contribution in [-0.4, -0.2) is 42.8 Å². The smallest absolute Gasteiger partial charge is 0.334 e. The fraction of sp³-hybridized carbons (Fsp3) is 0.310. The van der Waals surface area contributed by atoms with Crippen LogP contribution in [0.25, 0.3) is 0 Å². The van der Waals surface area contributed by atoms with Gasteiger partial charge in [-0.15, -0.1) is 0 Å². The van der Waals surface area contributed by atoms with Crippen molar-refractivity contribution in [3.63, 3.8) is 0 Å². The molecule has 3 atom stereocenters. The number of hydrogen-bond acceptors (Lipinski definition) is 8. The van der Waals surface area contributed by atoms with Gasteiger partial charge in [0, 0.05) is 5.92 Å². The van der Waals surface area contributed by atoms with E-state index in [4.69, 9.17) is 13.2 Å². The Balaban J connectivity index is 1.93. The van der Waals surface area contributed by atoms with Crippen molar-refractivity contribution >= 4 is 29.7 Å². The lowest BCUT2D eigenvalue weighted by Gasteiger charge is -2.36. The first-order chi connectivity index (χ1) is 19.3. The van der Waals surface area contributed by atoms with Gasteiger partial charge in [-0.2, -0.15) is 8.42 Å². The Bertz CT molecular complexity index is 1430. The number of hydrogen-bond donors (Lipinski definition) is 2. The third-order valence-electron chi connectivity index (χ3n) is 6.79. The monoisotopic (exact) mass is 604 g/mol. The van der Waals surface area contributed by atoms with Gasteiger partial charge in [0.25, 0.3) is 10.1 Å². The second-order valence-electron chi connectivity index (χ2n) is 9.92. The van der Waals surface area contributed by atoms with E-state index in [2.05, 4.69) is 0 Å².